The van der Waals surface area contributed by atoms with Gasteiger partial charge in [-0.05, 0) is 43.4 Å². The first-order chi connectivity index (χ1) is 6.34. The third kappa shape index (κ3) is 2.20. The first-order valence-electron chi connectivity index (χ1n) is 5.01. The molecule has 0 amide bonds. The Balaban J connectivity index is 1.86. The molecule has 1 fully saturated rings. The molecule has 1 heterocycles. The minimum absolute atomic E-state index is 0.891. The molecule has 0 aromatic carbocycles. The van der Waals surface area contributed by atoms with Crippen molar-refractivity contribution in [1.82, 2.24) is 4.98 Å². The Bertz CT molecular complexity index is 279. The lowest BCUT2D eigenvalue weighted by atomic mass is 9.85. The van der Waals surface area contributed by atoms with Gasteiger partial charge in [-0.25, -0.2) is 4.98 Å². The smallest absolute Gasteiger partial charge is 0.126 e. The zero-order valence-corrected chi connectivity index (χ0v) is 8.09. The first kappa shape index (κ1) is 8.54. The van der Waals surface area contributed by atoms with E-state index in [1.54, 1.807) is 0 Å². The average Bonchev–Trinajstić information content (AvgIpc) is 2.01. The van der Waals surface area contributed by atoms with E-state index in [0.29, 0.717) is 0 Å². The number of aryl methyl sites for hydroxylation is 1. The Morgan fingerprint density at radius 3 is 3.00 bits per heavy atom. The molecular formula is C11H16N2. The van der Waals surface area contributed by atoms with Gasteiger partial charge in [0.1, 0.15) is 5.82 Å². The fourth-order valence-electron chi connectivity index (χ4n) is 1.58. The maximum Gasteiger partial charge on any atom is 0.126 e. The molecule has 0 saturated heterocycles. The highest BCUT2D eigenvalue weighted by Crippen LogP contribution is 2.26. The van der Waals surface area contributed by atoms with E-state index in [-0.39, 0.29) is 0 Å². The van der Waals surface area contributed by atoms with E-state index in [1.165, 1.54) is 24.8 Å². The van der Waals surface area contributed by atoms with Crippen LogP contribution in [-0.4, -0.2) is 11.5 Å². The SMILES string of the molecule is Cc1ccnc(NCC2CCC2)c1. The lowest BCUT2D eigenvalue weighted by molar-refractivity contribution is 0.333. The number of pyridine rings is 1. The van der Waals surface area contributed by atoms with Crippen LogP contribution in [0.1, 0.15) is 24.8 Å². The van der Waals surface area contributed by atoms with Crippen LogP contribution in [0.4, 0.5) is 5.82 Å². The number of rotatable bonds is 3. The summed E-state index contributed by atoms with van der Waals surface area (Å²) in [5.41, 5.74) is 1.27. The quantitative estimate of drug-likeness (QED) is 0.765. The molecule has 0 aliphatic heterocycles. The molecule has 1 aliphatic carbocycles. The minimum atomic E-state index is 0.891. The van der Waals surface area contributed by atoms with Crippen LogP contribution < -0.4 is 5.32 Å². The van der Waals surface area contributed by atoms with Crippen molar-refractivity contribution >= 4 is 5.82 Å². The normalized spacial score (nSPS) is 16.7. The van der Waals surface area contributed by atoms with E-state index in [4.69, 9.17) is 0 Å². The molecule has 0 unspecified atom stereocenters. The number of anilines is 1. The van der Waals surface area contributed by atoms with Gasteiger partial charge >= 0.3 is 0 Å². The second-order valence-electron chi connectivity index (χ2n) is 3.90. The molecule has 70 valence electrons. The summed E-state index contributed by atoms with van der Waals surface area (Å²) in [5.74, 6) is 1.91. The third-order valence-corrected chi connectivity index (χ3v) is 2.71. The topological polar surface area (TPSA) is 24.9 Å². The number of nitrogens with zero attached hydrogens (tertiary/aromatic N) is 1. The zero-order valence-electron chi connectivity index (χ0n) is 8.09. The van der Waals surface area contributed by atoms with Gasteiger partial charge in [0.15, 0.2) is 0 Å². The van der Waals surface area contributed by atoms with Gasteiger partial charge in [0.25, 0.3) is 0 Å². The molecule has 0 atom stereocenters. The van der Waals surface area contributed by atoms with Crippen molar-refractivity contribution in [3.05, 3.63) is 23.9 Å². The second-order valence-corrected chi connectivity index (χ2v) is 3.90. The average molecular weight is 176 g/mol. The molecule has 1 aromatic heterocycles. The molecule has 1 aromatic rings. The van der Waals surface area contributed by atoms with Crippen molar-refractivity contribution in [3.8, 4) is 0 Å². The number of nitrogens with one attached hydrogen (secondary N) is 1. The zero-order chi connectivity index (χ0) is 9.10. The predicted octanol–water partition coefficient (Wildman–Crippen LogP) is 2.60. The van der Waals surface area contributed by atoms with Crippen LogP contribution in [0.5, 0.6) is 0 Å². The van der Waals surface area contributed by atoms with Crippen LogP contribution in [0, 0.1) is 12.8 Å². The van der Waals surface area contributed by atoms with Gasteiger partial charge in [0.2, 0.25) is 0 Å². The summed E-state index contributed by atoms with van der Waals surface area (Å²) in [6.07, 6.45) is 6.05. The summed E-state index contributed by atoms with van der Waals surface area (Å²) >= 11 is 0. The standard InChI is InChI=1S/C11H16N2/c1-9-5-6-12-11(7-9)13-8-10-3-2-4-10/h5-7,10H,2-4,8H2,1H3,(H,12,13). The molecule has 2 nitrogen and oxygen atoms in total. The van der Waals surface area contributed by atoms with Crippen LogP contribution >= 0.6 is 0 Å². The molecule has 2 heteroatoms. The van der Waals surface area contributed by atoms with Crippen LogP contribution in [0.3, 0.4) is 0 Å². The Hall–Kier alpha value is -1.05. The van der Waals surface area contributed by atoms with Crippen molar-refractivity contribution in [2.24, 2.45) is 5.92 Å². The summed E-state index contributed by atoms with van der Waals surface area (Å²) in [6, 6.07) is 4.12. The van der Waals surface area contributed by atoms with Crippen LogP contribution in [-0.2, 0) is 0 Å². The summed E-state index contributed by atoms with van der Waals surface area (Å²) in [7, 11) is 0. The van der Waals surface area contributed by atoms with Crippen LogP contribution in [0.2, 0.25) is 0 Å². The maximum atomic E-state index is 4.26. The Labute approximate surface area is 79.4 Å². The van der Waals surface area contributed by atoms with Gasteiger partial charge in [-0.2, -0.15) is 0 Å². The van der Waals surface area contributed by atoms with E-state index >= 15 is 0 Å². The van der Waals surface area contributed by atoms with Gasteiger partial charge in [-0.1, -0.05) is 6.42 Å². The van der Waals surface area contributed by atoms with Gasteiger partial charge in [-0.3, -0.25) is 0 Å². The molecule has 1 saturated carbocycles. The molecule has 0 radical (unpaired) electrons. The molecular weight excluding hydrogens is 160 g/mol. The fourth-order valence-corrected chi connectivity index (χ4v) is 1.58. The summed E-state index contributed by atoms with van der Waals surface area (Å²) in [5, 5.41) is 3.38. The summed E-state index contributed by atoms with van der Waals surface area (Å²) in [4.78, 5) is 4.26. The Morgan fingerprint density at radius 1 is 1.54 bits per heavy atom. The van der Waals surface area contributed by atoms with Crippen molar-refractivity contribution in [2.45, 2.75) is 26.2 Å². The number of hydrogen-bond acceptors (Lipinski definition) is 2. The van der Waals surface area contributed by atoms with Crippen LogP contribution in [0.25, 0.3) is 0 Å². The second kappa shape index (κ2) is 3.77. The Kier molecular flexibility index (Phi) is 2.48. The van der Waals surface area contributed by atoms with Crippen LogP contribution in [0.15, 0.2) is 18.3 Å². The summed E-state index contributed by atoms with van der Waals surface area (Å²) < 4.78 is 0. The fraction of sp³-hybridized carbons (Fsp3) is 0.545. The molecule has 0 spiro atoms. The lowest BCUT2D eigenvalue weighted by Crippen LogP contribution is -2.21. The van der Waals surface area contributed by atoms with Gasteiger partial charge in [0.05, 0.1) is 0 Å². The third-order valence-electron chi connectivity index (χ3n) is 2.71. The maximum absolute atomic E-state index is 4.26. The highest BCUT2D eigenvalue weighted by Gasteiger charge is 2.16. The predicted molar refractivity (Wildman–Crippen MR) is 54.8 cm³/mol. The van der Waals surface area contributed by atoms with E-state index in [2.05, 4.69) is 23.3 Å². The molecule has 0 bridgehead atoms. The molecule has 1 N–H and O–H groups in total. The highest BCUT2D eigenvalue weighted by atomic mass is 15.0. The van der Waals surface area contributed by atoms with Crippen molar-refractivity contribution in [2.75, 3.05) is 11.9 Å². The largest absolute Gasteiger partial charge is 0.370 e. The molecule has 2 rings (SSSR count). The van der Waals surface area contributed by atoms with E-state index < -0.39 is 0 Å². The van der Waals surface area contributed by atoms with Gasteiger partial charge in [0, 0.05) is 12.7 Å². The lowest BCUT2D eigenvalue weighted by Gasteiger charge is -2.25. The minimum Gasteiger partial charge on any atom is -0.370 e. The number of aromatic nitrogens is 1. The monoisotopic (exact) mass is 176 g/mol. The van der Waals surface area contributed by atoms with E-state index in [0.717, 1.165) is 18.3 Å². The Morgan fingerprint density at radius 2 is 2.38 bits per heavy atom. The number of hydrogen-bond donors (Lipinski definition) is 1. The van der Waals surface area contributed by atoms with Gasteiger partial charge in [-0.15, -0.1) is 0 Å². The van der Waals surface area contributed by atoms with Gasteiger partial charge < -0.3 is 5.32 Å². The van der Waals surface area contributed by atoms with Crippen molar-refractivity contribution in [3.63, 3.8) is 0 Å². The molecule has 13 heavy (non-hydrogen) atoms. The first-order valence-corrected chi connectivity index (χ1v) is 5.01. The van der Waals surface area contributed by atoms with E-state index in [9.17, 15) is 0 Å². The highest BCUT2D eigenvalue weighted by molar-refractivity contribution is 5.36. The molecule has 1 aliphatic rings. The van der Waals surface area contributed by atoms with Crippen molar-refractivity contribution in [1.29, 1.82) is 0 Å². The summed E-state index contributed by atoms with van der Waals surface area (Å²) in [6.45, 7) is 3.19. The van der Waals surface area contributed by atoms with E-state index in [1.807, 2.05) is 12.3 Å². The van der Waals surface area contributed by atoms with Crippen molar-refractivity contribution < 1.29 is 0 Å².